The molecule has 1 aliphatic rings. The van der Waals surface area contributed by atoms with Crippen LogP contribution in [0.2, 0.25) is 0 Å². The van der Waals surface area contributed by atoms with Crippen LogP contribution >= 0.6 is 0 Å². The second kappa shape index (κ2) is 47.5. The molecule has 22 nitrogen and oxygen atoms in total. The van der Waals surface area contributed by atoms with Crippen LogP contribution in [0, 0.1) is 102 Å². The molecule has 476 valence electrons. The largest absolute Gasteiger partial charge is 0.564 e. The Morgan fingerprint density at radius 1 is 0.641 bits per heavy atom. The zero-order valence-corrected chi connectivity index (χ0v) is 51.6. The molecule has 0 radical (unpaired) electrons. The normalized spacial score (nSPS) is 12.6. The fourth-order valence-electron chi connectivity index (χ4n) is 7.17. The molecule has 0 saturated heterocycles. The highest BCUT2D eigenvalue weighted by atomic mass is 16.6. The SMILES string of the molecule is C.C.CC(=O)OC(C)=O.CC[NH+](CC)CC.CNCC(=O)O.[2HH].[C-]#[N+]/C(C#N)=C(/C(C#N)=C/C=C/OC)c1ccc(C)cc1.[C-]#[N+]\C(C#N)=C(/C(C#N)=C/C=C/C1=C([O-])O/C(=C/C=C/C=C(C#N)/C(=C(\C#N)[N+]#[C-])c2ccc(C)cc2)N1C)c1ccc(C(=O)OC)cc1. The van der Waals surface area contributed by atoms with Crippen molar-refractivity contribution in [2.24, 2.45) is 0 Å². The number of aryl methyl sites for hydroxylation is 2. The van der Waals surface area contributed by atoms with Crippen LogP contribution in [0.4, 0.5) is 0 Å². The number of rotatable bonds is 18. The van der Waals surface area contributed by atoms with Gasteiger partial charge >= 0.3 is 23.9 Å². The lowest BCUT2D eigenvalue weighted by Crippen LogP contribution is -3.11. The van der Waals surface area contributed by atoms with Crippen molar-refractivity contribution in [2.45, 2.75) is 63.3 Å². The van der Waals surface area contributed by atoms with Gasteiger partial charge in [-0.25, -0.2) is 35.1 Å². The zero-order valence-electron chi connectivity index (χ0n) is 51.6. The van der Waals surface area contributed by atoms with Crippen molar-refractivity contribution < 1.29 is 54.7 Å². The van der Waals surface area contributed by atoms with Crippen molar-refractivity contribution in [1.29, 1.82) is 31.6 Å². The van der Waals surface area contributed by atoms with Crippen LogP contribution in [0.1, 0.15) is 89.1 Å². The first kappa shape index (κ1) is 83.6. The van der Waals surface area contributed by atoms with Crippen molar-refractivity contribution in [3.05, 3.63) is 253 Å². The number of carbonyl (C=O) groups excluding carboxylic acids is 3. The highest BCUT2D eigenvalue weighted by molar-refractivity contribution is 5.93. The first-order valence-corrected chi connectivity index (χ1v) is 26.8. The summed E-state index contributed by atoms with van der Waals surface area (Å²) in [5.41, 5.74) is 4.09. The highest BCUT2D eigenvalue weighted by Crippen LogP contribution is 2.31. The highest BCUT2D eigenvalue weighted by Gasteiger charge is 2.19. The average molecular weight is 1250 g/mol. The number of carbonyl (C=O) groups is 4. The Morgan fingerprint density at radius 3 is 1.29 bits per heavy atom. The smallest absolute Gasteiger partial charge is 0.337 e. The standard InChI is InChI=1S/C38H25N7O4.C17H13N3O.C6H15N.C4H6O3.C3H7NO2.2CH4.H2/c1-25-13-15-26(16-14-25)35(31(23-41)43-2)29(21-39)9-6-7-12-34-45(4)33(38(47)49-34)11-8-10-30(22-40)36(32(24-42)44-3)27-17-19-28(20-18-27)37(46)48-5;1-13-6-8-14(9-7-13)17(16(12-19)20-2)15(11-18)5-4-10-21-3;1-4-7(5-2)6-3;1-3(5)7-4(2)6;1-4-2-3(5)6;;;/h6-20,47H,1,4-5H3;4-10H,1,3H3;4-6H2,1-3H3;1-2H3;4H,2H2,1H3,(H,5,6);2*1H4;1H/b7-6+,11-8+,29-9+,30-10+,34-12+,35-31+,36-32-;10-4+,15-5+,17-16+;;;;;;/i;;;;;;;1+1. The first-order chi connectivity index (χ1) is 43.1. The maximum atomic E-state index is 12.7. The Balaban J connectivity index is -0.000000733. The van der Waals surface area contributed by atoms with Crippen molar-refractivity contribution in [3.63, 3.8) is 0 Å². The van der Waals surface area contributed by atoms with Crippen molar-refractivity contribution in [2.75, 3.05) is 54.5 Å². The number of carboxylic acids is 1. The third kappa shape index (κ3) is 29.2. The summed E-state index contributed by atoms with van der Waals surface area (Å²) in [5, 5.41) is 80.2. The number of methoxy groups -OCH3 is 2. The average Bonchev–Trinajstić information content (AvgIpc) is 1.84. The van der Waals surface area contributed by atoms with E-state index in [0.717, 1.165) is 11.1 Å². The summed E-state index contributed by atoms with van der Waals surface area (Å²) in [6.07, 6.45) is 14.6. The van der Waals surface area contributed by atoms with E-state index >= 15 is 0 Å². The van der Waals surface area contributed by atoms with Crippen LogP contribution < -0.4 is 15.3 Å². The Morgan fingerprint density at radius 2 is 1.01 bits per heavy atom. The first-order valence-electron chi connectivity index (χ1n) is 26.8. The predicted octanol–water partition coefficient (Wildman–Crippen LogP) is 10.7. The van der Waals surface area contributed by atoms with Gasteiger partial charge in [-0.15, -0.1) is 0 Å². The molecule has 0 amide bonds. The molecule has 0 atom stereocenters. The summed E-state index contributed by atoms with van der Waals surface area (Å²) >= 11 is 0. The number of esters is 3. The van der Waals surface area contributed by atoms with E-state index in [1.165, 1.54) is 132 Å². The molecular formula is C70H76N12O10. The minimum atomic E-state index is -0.822. The van der Waals surface area contributed by atoms with Gasteiger partial charge in [0, 0.05) is 39.0 Å². The van der Waals surface area contributed by atoms with Gasteiger partial charge in [-0.05, 0) is 107 Å². The van der Waals surface area contributed by atoms with E-state index in [4.69, 9.17) is 44.3 Å². The van der Waals surface area contributed by atoms with Gasteiger partial charge in [0.25, 0.3) is 17.1 Å². The van der Waals surface area contributed by atoms with Gasteiger partial charge in [-0.1, -0.05) is 105 Å². The number of carboxylic acid groups (broad SMARTS) is 1. The van der Waals surface area contributed by atoms with Gasteiger partial charge in [-0.3, -0.25) is 14.4 Å². The molecule has 0 bridgehead atoms. The van der Waals surface area contributed by atoms with Crippen LogP contribution in [0.15, 0.2) is 185 Å². The molecule has 1 aliphatic heterocycles. The molecular weight excluding hydrogens is 1170 g/mol. The summed E-state index contributed by atoms with van der Waals surface area (Å²) in [7, 11) is 5.89. The maximum Gasteiger partial charge on any atom is 0.337 e. The van der Waals surface area contributed by atoms with Crippen LogP contribution in [0.3, 0.4) is 0 Å². The van der Waals surface area contributed by atoms with E-state index in [1.54, 1.807) is 55.4 Å². The second-order valence-electron chi connectivity index (χ2n) is 17.7. The molecule has 0 saturated carbocycles. The molecule has 3 aromatic rings. The second-order valence-corrected chi connectivity index (χ2v) is 17.7. The van der Waals surface area contributed by atoms with E-state index in [9.17, 15) is 50.6 Å². The lowest BCUT2D eigenvalue weighted by molar-refractivity contribution is -0.894. The third-order valence-corrected chi connectivity index (χ3v) is 11.6. The van der Waals surface area contributed by atoms with Gasteiger partial charge < -0.3 is 44.3 Å². The molecule has 1 heterocycles. The van der Waals surface area contributed by atoms with Gasteiger partial charge in [0.15, 0.2) is 0 Å². The Bertz CT molecular complexity index is 3730. The summed E-state index contributed by atoms with van der Waals surface area (Å²) in [6, 6.07) is 31.8. The number of aliphatic carboxylic acids is 1. The number of nitriles is 6. The van der Waals surface area contributed by atoms with Crippen LogP contribution in [0.5, 0.6) is 0 Å². The van der Waals surface area contributed by atoms with Gasteiger partial charge in [0.05, 0.1) is 143 Å². The molecule has 92 heavy (non-hydrogen) atoms. The minimum absolute atomic E-state index is 0. The molecule has 0 fully saturated rings. The summed E-state index contributed by atoms with van der Waals surface area (Å²) in [4.78, 5) is 53.9. The minimum Gasteiger partial charge on any atom is -0.564 e. The molecule has 0 aromatic heterocycles. The fourth-order valence-corrected chi connectivity index (χ4v) is 7.17. The van der Waals surface area contributed by atoms with E-state index in [2.05, 4.69) is 45.4 Å². The van der Waals surface area contributed by atoms with Crippen molar-refractivity contribution in [1.82, 2.24) is 10.2 Å². The van der Waals surface area contributed by atoms with E-state index in [-0.39, 0.29) is 84.9 Å². The number of ether oxygens (including phenoxy) is 4. The molecule has 0 aliphatic carbocycles. The number of nitrogens with zero attached hydrogens (tertiary/aromatic N) is 10. The summed E-state index contributed by atoms with van der Waals surface area (Å²) < 4.78 is 18.8. The van der Waals surface area contributed by atoms with Crippen LogP contribution in [0.25, 0.3) is 31.3 Å². The number of allylic oxidation sites excluding steroid dienone is 18. The Labute approximate surface area is 541 Å². The molecule has 3 aromatic carbocycles. The fraction of sp³-hybridized carbons (Fsp3) is 0.243. The number of hydrogen-bond donors (Lipinski definition) is 3. The number of nitrogens with one attached hydrogen (secondary N) is 2. The number of likely N-dealkylation sites (N-methyl/N-ethyl adjacent to an activating group) is 2. The Hall–Kier alpha value is -12.6. The summed E-state index contributed by atoms with van der Waals surface area (Å²) in [6.45, 7) is 38.7. The van der Waals surface area contributed by atoms with Gasteiger partial charge in [-0.2, -0.15) is 15.8 Å². The Kier molecular flexibility index (Phi) is 43.2. The third-order valence-electron chi connectivity index (χ3n) is 11.6. The zero-order chi connectivity index (χ0) is 68.1. The topological polar surface area (TPSA) is 324 Å². The molecule has 0 spiro atoms. The van der Waals surface area contributed by atoms with Crippen molar-refractivity contribution in [3.8, 4) is 36.4 Å². The number of quaternary nitrogens is 1. The monoisotopic (exact) mass is 1250 g/mol. The molecule has 0 unspecified atom stereocenters. The van der Waals surface area contributed by atoms with Gasteiger partial charge in [0.2, 0.25) is 0 Å². The molecule has 4 rings (SSSR count). The van der Waals surface area contributed by atoms with E-state index < -0.39 is 29.8 Å². The van der Waals surface area contributed by atoms with Gasteiger partial charge in [0.1, 0.15) is 0 Å². The summed E-state index contributed by atoms with van der Waals surface area (Å²) in [5.74, 6) is -3.06. The van der Waals surface area contributed by atoms with E-state index in [0.29, 0.717) is 22.3 Å². The van der Waals surface area contributed by atoms with Crippen LogP contribution in [-0.4, -0.2) is 88.4 Å². The number of benzene rings is 3. The number of hydrogen-bond acceptors (Lipinski definition) is 17. The lowest BCUT2D eigenvalue weighted by atomic mass is 9.95. The quantitative estimate of drug-likeness (QED) is 0.0266. The predicted molar refractivity (Wildman–Crippen MR) is 349 cm³/mol. The maximum absolute atomic E-state index is 12.7. The van der Waals surface area contributed by atoms with Crippen molar-refractivity contribution >= 4 is 40.6 Å². The van der Waals surface area contributed by atoms with Crippen LogP contribution in [-0.2, 0) is 33.3 Å². The van der Waals surface area contributed by atoms with E-state index in [1.807, 2.05) is 68.5 Å². The lowest BCUT2D eigenvalue weighted by Gasteiger charge is -2.17. The molecule has 3 N–H and O–H groups in total. The molecule has 22 heteroatoms.